The maximum atomic E-state index is 11.7. The van der Waals surface area contributed by atoms with Gasteiger partial charge in [-0.15, -0.1) is 0 Å². The van der Waals surface area contributed by atoms with Gasteiger partial charge in [0.1, 0.15) is 0 Å². The third-order valence-corrected chi connectivity index (χ3v) is 4.65. The Labute approximate surface area is 101 Å². The van der Waals surface area contributed by atoms with Crippen LogP contribution in [0, 0.1) is 0 Å². The number of rotatable bonds is 2. The summed E-state index contributed by atoms with van der Waals surface area (Å²) in [5.74, 6) is 0. The molecule has 0 aliphatic heterocycles. The van der Waals surface area contributed by atoms with Gasteiger partial charge in [-0.1, -0.05) is 0 Å². The molecule has 1 amide bonds. The maximum absolute atomic E-state index is 11.7. The van der Waals surface area contributed by atoms with Crippen LogP contribution in [0.15, 0.2) is 42.5 Å². The molecule has 0 spiro atoms. The van der Waals surface area contributed by atoms with Gasteiger partial charge in [0.05, 0.1) is 0 Å². The number of benzene rings is 2. The molecule has 0 atom stereocenters. The molecule has 0 unspecified atom stereocenters. The van der Waals surface area contributed by atoms with E-state index in [-0.39, 0.29) is 19.8 Å². The van der Waals surface area contributed by atoms with Crippen LogP contribution < -0.4 is 4.46 Å². The molecule has 2 aromatic carbocycles. The fraction of sp³-hybridized carbons (Fsp3) is 0.154. The van der Waals surface area contributed by atoms with Crippen LogP contribution >= 0.6 is 0 Å². The van der Waals surface area contributed by atoms with Crippen LogP contribution in [0.3, 0.4) is 0 Å². The zero-order chi connectivity index (χ0) is 11.5. The predicted molar refractivity (Wildman–Crippen MR) is 68.4 cm³/mol. The average molecular weight is 278 g/mol. The second kappa shape index (κ2) is 4.69. The van der Waals surface area contributed by atoms with Crippen molar-refractivity contribution in [3.63, 3.8) is 0 Å². The molecule has 0 N–H and O–H groups in total. The van der Waals surface area contributed by atoms with Crippen molar-refractivity contribution in [1.82, 2.24) is 4.90 Å². The minimum absolute atomic E-state index is 0.135. The van der Waals surface area contributed by atoms with E-state index in [0.717, 1.165) is 4.46 Å². The van der Waals surface area contributed by atoms with Crippen molar-refractivity contribution in [2.75, 3.05) is 14.1 Å². The van der Waals surface area contributed by atoms with E-state index in [0.29, 0.717) is 0 Å². The first-order chi connectivity index (χ1) is 7.68. The van der Waals surface area contributed by atoms with Crippen molar-refractivity contribution in [3.8, 4) is 0 Å². The molecule has 0 saturated carbocycles. The first-order valence-corrected chi connectivity index (χ1v) is 6.76. The fourth-order valence-electron chi connectivity index (χ4n) is 1.47. The van der Waals surface area contributed by atoms with Crippen molar-refractivity contribution in [3.05, 3.63) is 42.5 Å². The molecular formula is C13H13NOSe. The third kappa shape index (κ3) is 2.26. The quantitative estimate of drug-likeness (QED) is 0.768. The summed E-state index contributed by atoms with van der Waals surface area (Å²) in [7, 11) is 3.60. The molecular weight excluding hydrogens is 265 g/mol. The summed E-state index contributed by atoms with van der Waals surface area (Å²) < 4.78 is 1.16. The Morgan fingerprint density at radius 3 is 2.50 bits per heavy atom. The standard InChI is InChI=1S/C13H13NOSe/c1-14(2)13(15)16-12-9-5-7-10-6-3-4-8-11(10)12/h3-9H,1-2H3. The SMILES string of the molecule is CN(C)C(=O)[Se]c1cccc2ccccc12. The van der Waals surface area contributed by atoms with Crippen molar-refractivity contribution in [1.29, 1.82) is 0 Å². The molecule has 0 fully saturated rings. The topological polar surface area (TPSA) is 20.3 Å². The van der Waals surface area contributed by atoms with E-state index in [1.807, 2.05) is 24.3 Å². The van der Waals surface area contributed by atoms with E-state index in [1.165, 1.54) is 10.8 Å². The van der Waals surface area contributed by atoms with E-state index in [4.69, 9.17) is 0 Å². The normalized spacial score (nSPS) is 10.4. The Bertz CT molecular complexity index is 517. The summed E-state index contributed by atoms with van der Waals surface area (Å²) >= 11 is -0.135. The molecule has 0 heterocycles. The number of carbonyl (C=O) groups is 1. The number of nitrogens with zero attached hydrogens (tertiary/aromatic N) is 1. The van der Waals surface area contributed by atoms with E-state index in [1.54, 1.807) is 19.0 Å². The van der Waals surface area contributed by atoms with Gasteiger partial charge in [0.2, 0.25) is 0 Å². The molecule has 0 aliphatic rings. The molecule has 82 valence electrons. The van der Waals surface area contributed by atoms with E-state index in [2.05, 4.69) is 18.2 Å². The summed E-state index contributed by atoms with van der Waals surface area (Å²) in [6.07, 6.45) is 0. The summed E-state index contributed by atoms with van der Waals surface area (Å²) in [6.45, 7) is 0. The summed E-state index contributed by atoms with van der Waals surface area (Å²) in [5.41, 5.74) is 0. The number of hydrogen-bond donors (Lipinski definition) is 0. The Balaban J connectivity index is 2.41. The number of fused-ring (bicyclic) bond motifs is 1. The Morgan fingerprint density at radius 2 is 1.75 bits per heavy atom. The van der Waals surface area contributed by atoms with Gasteiger partial charge in [0.15, 0.2) is 0 Å². The fourth-order valence-corrected chi connectivity index (χ4v) is 3.18. The molecule has 2 rings (SSSR count). The monoisotopic (exact) mass is 279 g/mol. The molecule has 0 bridgehead atoms. The number of hydrogen-bond acceptors (Lipinski definition) is 1. The van der Waals surface area contributed by atoms with E-state index in [9.17, 15) is 4.79 Å². The van der Waals surface area contributed by atoms with Gasteiger partial charge in [0.25, 0.3) is 0 Å². The Morgan fingerprint density at radius 1 is 1.06 bits per heavy atom. The van der Waals surface area contributed by atoms with Gasteiger partial charge >= 0.3 is 101 Å². The van der Waals surface area contributed by atoms with Crippen molar-refractivity contribution < 1.29 is 4.79 Å². The zero-order valence-corrected chi connectivity index (χ0v) is 11.0. The van der Waals surface area contributed by atoms with Gasteiger partial charge in [-0.25, -0.2) is 0 Å². The predicted octanol–water partition coefficient (Wildman–Crippen LogP) is 1.85. The molecule has 2 aromatic rings. The van der Waals surface area contributed by atoms with Crippen LogP contribution in [0.2, 0.25) is 0 Å². The summed E-state index contributed by atoms with van der Waals surface area (Å²) in [6, 6.07) is 14.3. The van der Waals surface area contributed by atoms with Gasteiger partial charge < -0.3 is 0 Å². The molecule has 0 aromatic heterocycles. The van der Waals surface area contributed by atoms with Crippen LogP contribution in [0.1, 0.15) is 0 Å². The minimum atomic E-state index is -0.135. The average Bonchev–Trinajstić information content (AvgIpc) is 2.29. The van der Waals surface area contributed by atoms with E-state index >= 15 is 0 Å². The second-order valence-corrected chi connectivity index (χ2v) is 5.82. The first-order valence-electron chi connectivity index (χ1n) is 5.05. The molecule has 2 nitrogen and oxygen atoms in total. The van der Waals surface area contributed by atoms with Crippen LogP contribution in [0.25, 0.3) is 10.8 Å². The van der Waals surface area contributed by atoms with Crippen molar-refractivity contribution >= 4 is 35.0 Å². The second-order valence-electron chi connectivity index (χ2n) is 3.74. The molecule has 0 radical (unpaired) electrons. The first kappa shape index (κ1) is 11.2. The van der Waals surface area contributed by atoms with Crippen molar-refractivity contribution in [2.24, 2.45) is 0 Å². The van der Waals surface area contributed by atoms with Gasteiger partial charge in [0, 0.05) is 0 Å². The zero-order valence-electron chi connectivity index (χ0n) is 9.31. The number of carbonyl (C=O) groups excluding carboxylic acids is 1. The van der Waals surface area contributed by atoms with Gasteiger partial charge in [-0.3, -0.25) is 0 Å². The van der Waals surface area contributed by atoms with E-state index < -0.39 is 0 Å². The summed E-state index contributed by atoms with van der Waals surface area (Å²) in [4.78, 5) is 13.6. The van der Waals surface area contributed by atoms with Crippen LogP contribution in [0.4, 0.5) is 4.79 Å². The van der Waals surface area contributed by atoms with Crippen LogP contribution in [-0.2, 0) is 0 Å². The van der Waals surface area contributed by atoms with Gasteiger partial charge in [-0.05, 0) is 0 Å². The Kier molecular flexibility index (Phi) is 3.28. The Hall–Kier alpha value is -1.31. The van der Waals surface area contributed by atoms with Crippen molar-refractivity contribution in [2.45, 2.75) is 0 Å². The van der Waals surface area contributed by atoms with Crippen LogP contribution in [0.5, 0.6) is 0 Å². The molecule has 0 aliphatic carbocycles. The van der Waals surface area contributed by atoms with Crippen LogP contribution in [-0.4, -0.2) is 38.8 Å². The molecule has 3 heteroatoms. The third-order valence-electron chi connectivity index (χ3n) is 2.31. The summed E-state index contributed by atoms with van der Waals surface area (Å²) in [5, 5.41) is 2.40. The molecule has 16 heavy (non-hydrogen) atoms. The molecule has 0 saturated heterocycles. The van der Waals surface area contributed by atoms with Gasteiger partial charge in [-0.2, -0.15) is 0 Å². The number of amides is 1.